The molecule has 0 aliphatic carbocycles. The second kappa shape index (κ2) is 13.2. The third-order valence-electron chi connectivity index (χ3n) is 3.88. The fourth-order valence-electron chi connectivity index (χ4n) is 2.05. The number of hydrogen-bond acceptors (Lipinski definition) is 3. The molecule has 0 aliphatic heterocycles. The summed E-state index contributed by atoms with van der Waals surface area (Å²) in [6.07, 6.45) is -4.29. The zero-order valence-corrected chi connectivity index (χ0v) is 18.6. The molecule has 0 saturated carbocycles. The van der Waals surface area contributed by atoms with Crippen molar-refractivity contribution in [2.45, 2.75) is 39.2 Å². The largest absolute Gasteiger partial charge is 0.411 e. The number of aliphatic imine (C=N–C) groups is 1. The van der Waals surface area contributed by atoms with Crippen molar-refractivity contribution in [3.8, 4) is 0 Å². The van der Waals surface area contributed by atoms with Gasteiger partial charge in [0.1, 0.15) is 6.61 Å². The van der Waals surface area contributed by atoms with Crippen LogP contribution in [0, 0.1) is 0 Å². The van der Waals surface area contributed by atoms with Crippen molar-refractivity contribution in [3.05, 3.63) is 35.4 Å². The number of benzene rings is 1. The Balaban J connectivity index is 0.00000676. The lowest BCUT2D eigenvalue weighted by Crippen LogP contribution is -2.41. The summed E-state index contributed by atoms with van der Waals surface area (Å²) in [7, 11) is 3.78. The minimum Gasteiger partial charge on any atom is -0.367 e. The molecule has 156 valence electrons. The lowest BCUT2D eigenvalue weighted by atomic mass is 10.1. The Morgan fingerprint density at radius 2 is 1.74 bits per heavy atom. The van der Waals surface area contributed by atoms with Crippen LogP contribution >= 0.6 is 24.0 Å². The Hall–Kier alpha value is -1.07. The first-order chi connectivity index (χ1) is 12.2. The number of guanidine groups is 1. The van der Waals surface area contributed by atoms with E-state index in [0.717, 1.165) is 18.7 Å². The van der Waals surface area contributed by atoms with Gasteiger partial charge >= 0.3 is 6.18 Å². The maximum absolute atomic E-state index is 12.1. The second-order valence-electron chi connectivity index (χ2n) is 6.35. The number of halogens is 4. The van der Waals surface area contributed by atoms with E-state index in [1.807, 2.05) is 12.1 Å². The highest BCUT2D eigenvalue weighted by Gasteiger charge is 2.27. The van der Waals surface area contributed by atoms with Crippen LogP contribution < -0.4 is 10.6 Å². The standard InChI is InChI=1S/C18H29F3N4O.HI/c1-14(2)25(4)10-9-23-17(22-3)24-11-15-5-7-16(8-6-15)12-26-13-18(19,20)21;/h5-8,14H,9-13H2,1-4H3,(H2,22,23,24);1H. The molecule has 0 aromatic heterocycles. The van der Waals surface area contributed by atoms with Crippen LogP contribution in [0.25, 0.3) is 0 Å². The molecular weight excluding hydrogens is 472 g/mol. The number of ether oxygens (including phenoxy) is 1. The summed E-state index contributed by atoms with van der Waals surface area (Å²) in [6, 6.07) is 7.74. The van der Waals surface area contributed by atoms with Gasteiger partial charge in [0.2, 0.25) is 0 Å². The first-order valence-electron chi connectivity index (χ1n) is 8.58. The summed E-state index contributed by atoms with van der Waals surface area (Å²) in [5.74, 6) is 0.708. The molecule has 0 fully saturated rings. The van der Waals surface area contributed by atoms with Crippen molar-refractivity contribution in [2.24, 2.45) is 4.99 Å². The van der Waals surface area contributed by atoms with Gasteiger partial charge in [-0.25, -0.2) is 0 Å². The van der Waals surface area contributed by atoms with E-state index in [2.05, 4.69) is 46.2 Å². The van der Waals surface area contributed by atoms with E-state index in [9.17, 15) is 13.2 Å². The van der Waals surface area contributed by atoms with Crippen LogP contribution in [-0.4, -0.2) is 56.9 Å². The lowest BCUT2D eigenvalue weighted by Gasteiger charge is -2.21. The predicted molar refractivity (Wildman–Crippen MR) is 114 cm³/mol. The van der Waals surface area contributed by atoms with E-state index in [-0.39, 0.29) is 30.6 Å². The highest BCUT2D eigenvalue weighted by atomic mass is 127. The van der Waals surface area contributed by atoms with Crippen molar-refractivity contribution in [1.82, 2.24) is 15.5 Å². The maximum Gasteiger partial charge on any atom is 0.411 e. The normalized spacial score (nSPS) is 12.3. The van der Waals surface area contributed by atoms with Crippen molar-refractivity contribution < 1.29 is 17.9 Å². The van der Waals surface area contributed by atoms with Crippen molar-refractivity contribution in [2.75, 3.05) is 33.8 Å². The summed E-state index contributed by atoms with van der Waals surface area (Å²) < 4.78 is 40.8. The Bertz CT molecular complexity index is 551. The minimum atomic E-state index is -4.29. The molecule has 0 radical (unpaired) electrons. The fraction of sp³-hybridized carbons (Fsp3) is 0.611. The van der Waals surface area contributed by atoms with Crippen LogP contribution in [0.2, 0.25) is 0 Å². The third-order valence-corrected chi connectivity index (χ3v) is 3.88. The summed E-state index contributed by atoms with van der Waals surface area (Å²) in [6.45, 7) is 5.26. The smallest absolute Gasteiger partial charge is 0.367 e. The molecule has 0 atom stereocenters. The van der Waals surface area contributed by atoms with Crippen LogP contribution in [0.4, 0.5) is 13.2 Å². The third kappa shape index (κ3) is 12.1. The molecule has 0 heterocycles. The molecule has 27 heavy (non-hydrogen) atoms. The van der Waals surface area contributed by atoms with E-state index in [0.29, 0.717) is 24.1 Å². The lowest BCUT2D eigenvalue weighted by molar-refractivity contribution is -0.176. The van der Waals surface area contributed by atoms with Crippen molar-refractivity contribution in [1.29, 1.82) is 0 Å². The summed E-state index contributed by atoms with van der Waals surface area (Å²) in [5, 5.41) is 6.46. The van der Waals surface area contributed by atoms with Gasteiger partial charge in [-0.3, -0.25) is 4.99 Å². The van der Waals surface area contributed by atoms with Gasteiger partial charge in [0.05, 0.1) is 6.61 Å². The molecule has 1 aromatic carbocycles. The molecule has 0 saturated heterocycles. The summed E-state index contributed by atoms with van der Waals surface area (Å²) >= 11 is 0. The van der Waals surface area contributed by atoms with E-state index < -0.39 is 12.8 Å². The first-order valence-corrected chi connectivity index (χ1v) is 8.58. The highest BCUT2D eigenvalue weighted by Crippen LogP contribution is 2.15. The molecule has 0 amide bonds. The topological polar surface area (TPSA) is 48.9 Å². The van der Waals surface area contributed by atoms with Crippen LogP contribution in [0.3, 0.4) is 0 Å². The number of nitrogens with zero attached hydrogens (tertiary/aromatic N) is 2. The Morgan fingerprint density at radius 3 is 2.26 bits per heavy atom. The number of alkyl halides is 3. The Morgan fingerprint density at radius 1 is 1.15 bits per heavy atom. The fourth-order valence-corrected chi connectivity index (χ4v) is 2.05. The molecule has 0 bridgehead atoms. The molecule has 5 nitrogen and oxygen atoms in total. The van der Waals surface area contributed by atoms with Gasteiger partial charge < -0.3 is 20.3 Å². The number of hydrogen-bond donors (Lipinski definition) is 2. The predicted octanol–water partition coefficient (Wildman–Crippen LogP) is 3.39. The second-order valence-corrected chi connectivity index (χ2v) is 6.35. The monoisotopic (exact) mass is 502 g/mol. The van der Waals surface area contributed by atoms with Crippen LogP contribution in [0.1, 0.15) is 25.0 Å². The van der Waals surface area contributed by atoms with E-state index >= 15 is 0 Å². The number of nitrogens with one attached hydrogen (secondary N) is 2. The highest BCUT2D eigenvalue weighted by molar-refractivity contribution is 14.0. The van der Waals surface area contributed by atoms with Gasteiger partial charge in [0.15, 0.2) is 5.96 Å². The van der Waals surface area contributed by atoms with E-state index in [1.54, 1.807) is 19.2 Å². The van der Waals surface area contributed by atoms with Gasteiger partial charge in [0.25, 0.3) is 0 Å². The molecule has 0 aliphatic rings. The average molecular weight is 502 g/mol. The van der Waals surface area contributed by atoms with Crippen LogP contribution in [-0.2, 0) is 17.9 Å². The summed E-state index contributed by atoms with van der Waals surface area (Å²) in [4.78, 5) is 6.41. The van der Waals surface area contributed by atoms with Gasteiger partial charge in [0, 0.05) is 32.7 Å². The molecule has 0 unspecified atom stereocenters. The summed E-state index contributed by atoms with van der Waals surface area (Å²) in [5.41, 5.74) is 1.71. The van der Waals surface area contributed by atoms with Gasteiger partial charge in [-0.2, -0.15) is 13.2 Å². The number of rotatable bonds is 9. The van der Waals surface area contributed by atoms with Gasteiger partial charge in [-0.1, -0.05) is 24.3 Å². The molecular formula is C18H30F3IN4O. The molecule has 1 aromatic rings. The molecule has 2 N–H and O–H groups in total. The average Bonchev–Trinajstić information content (AvgIpc) is 2.57. The van der Waals surface area contributed by atoms with E-state index in [1.165, 1.54) is 0 Å². The van der Waals surface area contributed by atoms with Gasteiger partial charge in [-0.05, 0) is 32.0 Å². The zero-order chi connectivity index (χ0) is 19.6. The minimum absolute atomic E-state index is 0. The van der Waals surface area contributed by atoms with Crippen LogP contribution in [0.15, 0.2) is 29.3 Å². The molecule has 9 heteroatoms. The van der Waals surface area contributed by atoms with Crippen molar-refractivity contribution in [3.63, 3.8) is 0 Å². The molecule has 0 spiro atoms. The first kappa shape index (κ1) is 25.9. The quantitative estimate of drug-likeness (QED) is 0.309. The van der Waals surface area contributed by atoms with Crippen LogP contribution in [0.5, 0.6) is 0 Å². The SMILES string of the molecule is CN=C(NCCN(C)C(C)C)NCc1ccc(COCC(F)(F)F)cc1.I. The number of likely N-dealkylation sites (N-methyl/N-ethyl adjacent to an activating group) is 1. The molecule has 1 rings (SSSR count). The Kier molecular flexibility index (Phi) is 12.6. The van der Waals surface area contributed by atoms with E-state index in [4.69, 9.17) is 0 Å². The zero-order valence-electron chi connectivity index (χ0n) is 16.3. The van der Waals surface area contributed by atoms with Crippen molar-refractivity contribution >= 4 is 29.9 Å². The maximum atomic E-state index is 12.1. The Labute approximate surface area is 176 Å². The van der Waals surface area contributed by atoms with Gasteiger partial charge in [-0.15, -0.1) is 24.0 Å².